The molecule has 2 rings (SSSR count). The summed E-state index contributed by atoms with van der Waals surface area (Å²) in [5, 5.41) is 0. The first-order chi connectivity index (χ1) is 6.41. The molecule has 0 atom stereocenters. The van der Waals surface area contributed by atoms with Gasteiger partial charge in [-0.25, -0.2) is 0 Å². The van der Waals surface area contributed by atoms with Crippen LogP contribution in [0.2, 0.25) is 0 Å². The van der Waals surface area contributed by atoms with Gasteiger partial charge in [-0.2, -0.15) is 0 Å². The van der Waals surface area contributed by atoms with Gasteiger partial charge in [0.25, 0.3) is 0 Å². The molecule has 0 saturated carbocycles. The number of ketones is 1. The number of nitrogens with zero attached hydrogens (tertiary/aromatic N) is 1. The van der Waals surface area contributed by atoms with Crippen LogP contribution in [0.5, 0.6) is 0 Å². The maximum Gasteiger partial charge on any atom is 0.165 e. The van der Waals surface area contributed by atoms with E-state index in [2.05, 4.69) is 39.5 Å². The molecule has 0 aromatic carbocycles. The van der Waals surface area contributed by atoms with Crippen LogP contribution in [0.15, 0.2) is 6.20 Å². The predicted octanol–water partition coefficient (Wildman–Crippen LogP) is 3.15. The number of carbonyl (C=O) groups excluding carboxylic acids is 1. The molecule has 0 fully saturated rings. The number of aryl methyl sites for hydroxylation is 1. The smallest absolute Gasteiger partial charge is 0.165 e. The molecule has 1 heterocycles. The van der Waals surface area contributed by atoms with Gasteiger partial charge in [-0.15, -0.1) is 0 Å². The average molecular weight is 303 g/mol. The third-order valence-electron chi connectivity index (χ3n) is 2.81. The number of rotatable bonds is 0. The Bertz CT molecular complexity index is 404. The van der Waals surface area contributed by atoms with E-state index in [1.807, 2.05) is 13.1 Å². The lowest BCUT2D eigenvalue weighted by Gasteiger charge is -2.29. The quantitative estimate of drug-likeness (QED) is 0.675. The van der Waals surface area contributed by atoms with Gasteiger partial charge >= 0.3 is 0 Å². The number of halogens is 1. The molecule has 0 amide bonds. The first-order valence-electron chi connectivity index (χ1n) is 4.81. The zero-order chi connectivity index (χ0) is 10.5. The number of fused-ring (bicyclic) bond motifs is 1. The molecule has 0 unspecified atom stereocenters. The Morgan fingerprint density at radius 2 is 2.07 bits per heavy atom. The van der Waals surface area contributed by atoms with Crippen molar-refractivity contribution < 1.29 is 4.79 Å². The Morgan fingerprint density at radius 3 is 2.71 bits per heavy atom. The highest BCUT2D eigenvalue weighted by molar-refractivity contribution is 14.1. The van der Waals surface area contributed by atoms with Crippen molar-refractivity contribution >= 4 is 28.6 Å². The van der Waals surface area contributed by atoms with E-state index in [4.69, 9.17) is 0 Å². The second-order valence-corrected chi connectivity index (χ2v) is 5.93. The number of carbonyl (C=O) groups is 1. The zero-order valence-corrected chi connectivity index (χ0v) is 10.9. The van der Waals surface area contributed by atoms with E-state index in [1.165, 1.54) is 5.69 Å². The maximum atomic E-state index is 11.9. The third kappa shape index (κ3) is 1.51. The molecular formula is C11H14INO. The van der Waals surface area contributed by atoms with Gasteiger partial charge in [-0.1, -0.05) is 13.8 Å². The van der Waals surface area contributed by atoms with Gasteiger partial charge in [0.2, 0.25) is 0 Å². The maximum absolute atomic E-state index is 11.9. The fraction of sp³-hybridized carbons (Fsp3) is 0.545. The molecule has 76 valence electrons. The molecule has 1 aliphatic carbocycles. The normalized spacial score (nSPS) is 19.6. The summed E-state index contributed by atoms with van der Waals surface area (Å²) >= 11 is 2.26. The summed E-state index contributed by atoms with van der Waals surface area (Å²) in [5.74, 6) is 0.309. The number of hydrogen-bond acceptors (Lipinski definition) is 1. The molecule has 1 aromatic rings. The number of aromatic nitrogens is 1. The summed E-state index contributed by atoms with van der Waals surface area (Å²) in [6, 6.07) is 0. The largest absolute Gasteiger partial charge is 0.294 e. The summed E-state index contributed by atoms with van der Waals surface area (Å²) in [6.07, 6.45) is 3.73. The number of hydrogen-bond donors (Lipinski definition) is 0. The summed E-state index contributed by atoms with van der Waals surface area (Å²) < 4.78 is 2.07. The number of Topliss-reactive ketones (excluding diaryl/α,β-unsaturated/α-hetero) is 1. The van der Waals surface area contributed by atoms with Gasteiger partial charge < -0.3 is 0 Å². The van der Waals surface area contributed by atoms with E-state index < -0.39 is 0 Å². The van der Waals surface area contributed by atoms with E-state index in [0.29, 0.717) is 12.2 Å². The average Bonchev–Trinajstić information content (AvgIpc) is 2.24. The van der Waals surface area contributed by atoms with Gasteiger partial charge in [-0.3, -0.25) is 7.58 Å². The topological polar surface area (TPSA) is 22.0 Å². The van der Waals surface area contributed by atoms with Crippen LogP contribution in [-0.2, 0) is 6.42 Å². The molecule has 0 spiro atoms. The molecule has 3 heteroatoms. The van der Waals surface area contributed by atoms with Crippen molar-refractivity contribution in [3.63, 3.8) is 0 Å². The van der Waals surface area contributed by atoms with Crippen LogP contribution in [0.4, 0.5) is 0 Å². The van der Waals surface area contributed by atoms with Crippen molar-refractivity contribution in [2.24, 2.45) is 5.41 Å². The molecule has 0 radical (unpaired) electrons. The highest BCUT2D eigenvalue weighted by atomic mass is 127. The van der Waals surface area contributed by atoms with Crippen molar-refractivity contribution in [1.82, 2.24) is 2.78 Å². The van der Waals surface area contributed by atoms with Crippen molar-refractivity contribution in [3.8, 4) is 0 Å². The van der Waals surface area contributed by atoms with Gasteiger partial charge in [0.05, 0.1) is 22.9 Å². The van der Waals surface area contributed by atoms with E-state index in [9.17, 15) is 4.79 Å². The monoisotopic (exact) mass is 303 g/mol. The van der Waals surface area contributed by atoms with Crippen LogP contribution in [0.25, 0.3) is 0 Å². The summed E-state index contributed by atoms with van der Waals surface area (Å²) in [5.41, 5.74) is 3.41. The van der Waals surface area contributed by atoms with Gasteiger partial charge in [0.15, 0.2) is 5.78 Å². The first-order valence-corrected chi connectivity index (χ1v) is 5.77. The van der Waals surface area contributed by atoms with Gasteiger partial charge in [0.1, 0.15) is 0 Å². The van der Waals surface area contributed by atoms with Gasteiger partial charge in [-0.05, 0) is 24.3 Å². The minimum absolute atomic E-state index is 0.123. The second kappa shape index (κ2) is 3.08. The van der Waals surface area contributed by atoms with Gasteiger partial charge in [0, 0.05) is 23.9 Å². The Labute approximate surface area is 98.2 Å². The molecule has 0 N–H and O–H groups in total. The molecule has 14 heavy (non-hydrogen) atoms. The Morgan fingerprint density at radius 1 is 1.43 bits per heavy atom. The molecule has 1 aromatic heterocycles. The molecular weight excluding hydrogens is 289 g/mol. The highest BCUT2D eigenvalue weighted by Gasteiger charge is 2.34. The van der Waals surface area contributed by atoms with Crippen molar-refractivity contribution in [1.29, 1.82) is 0 Å². The predicted molar refractivity (Wildman–Crippen MR) is 65.0 cm³/mol. The van der Waals surface area contributed by atoms with E-state index in [1.54, 1.807) is 0 Å². The fourth-order valence-electron chi connectivity index (χ4n) is 2.23. The summed E-state index contributed by atoms with van der Waals surface area (Å²) in [4.78, 5) is 11.9. The molecule has 0 saturated heterocycles. The van der Waals surface area contributed by atoms with Crippen LogP contribution in [0, 0.1) is 12.3 Å². The van der Waals surface area contributed by atoms with Crippen LogP contribution in [-0.4, -0.2) is 8.56 Å². The van der Waals surface area contributed by atoms with Crippen molar-refractivity contribution in [2.75, 3.05) is 0 Å². The van der Waals surface area contributed by atoms with E-state index in [0.717, 1.165) is 17.5 Å². The SMILES string of the molecule is Cc1cn(I)c2c1C(=O)CC(C)(C)C2. The Balaban J connectivity index is 2.58. The summed E-state index contributed by atoms with van der Waals surface area (Å²) in [7, 11) is 0. The minimum atomic E-state index is 0.123. The highest BCUT2D eigenvalue weighted by Crippen LogP contribution is 2.37. The lowest BCUT2D eigenvalue weighted by molar-refractivity contribution is 0.0911. The lowest BCUT2D eigenvalue weighted by atomic mass is 9.76. The molecule has 0 aliphatic heterocycles. The van der Waals surface area contributed by atoms with Crippen LogP contribution in [0.1, 0.15) is 41.9 Å². The van der Waals surface area contributed by atoms with E-state index in [-0.39, 0.29) is 5.41 Å². The van der Waals surface area contributed by atoms with Crippen molar-refractivity contribution in [2.45, 2.75) is 33.6 Å². The van der Waals surface area contributed by atoms with Crippen LogP contribution < -0.4 is 0 Å². The minimum Gasteiger partial charge on any atom is -0.294 e. The fourth-order valence-corrected chi connectivity index (χ4v) is 3.06. The van der Waals surface area contributed by atoms with Crippen LogP contribution in [0.3, 0.4) is 0 Å². The third-order valence-corrected chi connectivity index (χ3v) is 3.67. The van der Waals surface area contributed by atoms with Crippen molar-refractivity contribution in [3.05, 3.63) is 23.0 Å². The second-order valence-electron chi connectivity index (χ2n) is 4.89. The Kier molecular flexibility index (Phi) is 2.25. The summed E-state index contributed by atoms with van der Waals surface area (Å²) in [6.45, 7) is 6.34. The molecule has 0 bridgehead atoms. The molecule has 2 nitrogen and oxygen atoms in total. The van der Waals surface area contributed by atoms with E-state index >= 15 is 0 Å². The Hall–Kier alpha value is -0.320. The van der Waals surface area contributed by atoms with Crippen LogP contribution >= 0.6 is 22.9 Å². The molecule has 1 aliphatic rings. The lowest BCUT2D eigenvalue weighted by Crippen LogP contribution is -2.27. The first kappa shape index (κ1) is 10.2. The zero-order valence-electron chi connectivity index (χ0n) is 8.72. The standard InChI is InChI=1S/C11H14INO/c1-7-6-13(12)8-4-11(2,3)5-9(14)10(7)8/h6H,4-5H2,1-3H3.